The number of hydrogen-bond donors (Lipinski definition) is 2. The Labute approximate surface area is 168 Å². The minimum atomic E-state index is -1.22. The zero-order valence-electron chi connectivity index (χ0n) is 16.4. The van der Waals surface area contributed by atoms with Crippen molar-refractivity contribution < 1.29 is 33.7 Å². The predicted octanol–water partition coefficient (Wildman–Crippen LogP) is 2.10. The van der Waals surface area contributed by atoms with E-state index in [1.54, 1.807) is 0 Å². The van der Waals surface area contributed by atoms with Gasteiger partial charge in [-0.1, -0.05) is 30.3 Å². The second-order valence-electron chi connectivity index (χ2n) is 6.13. The van der Waals surface area contributed by atoms with Crippen molar-refractivity contribution in [2.75, 3.05) is 21.3 Å². The molecule has 8 heteroatoms. The predicted molar refractivity (Wildman–Crippen MR) is 105 cm³/mol. The number of carbonyl (C=O) groups excluding carboxylic acids is 2. The zero-order valence-corrected chi connectivity index (χ0v) is 16.4. The van der Waals surface area contributed by atoms with E-state index in [1.807, 2.05) is 30.3 Å². The van der Waals surface area contributed by atoms with Crippen molar-refractivity contribution in [1.82, 2.24) is 5.32 Å². The molecule has 8 nitrogen and oxygen atoms in total. The van der Waals surface area contributed by atoms with Gasteiger partial charge in [0.25, 0.3) is 5.91 Å². The van der Waals surface area contributed by atoms with E-state index in [0.717, 1.165) is 5.56 Å². The quantitative estimate of drug-likeness (QED) is 0.463. The molecule has 2 aromatic carbocycles. The molecule has 0 aliphatic carbocycles. The fourth-order valence-corrected chi connectivity index (χ4v) is 2.78. The molecule has 29 heavy (non-hydrogen) atoms. The molecule has 2 N–H and O–H groups in total. The highest BCUT2D eigenvalue weighted by atomic mass is 16.5. The van der Waals surface area contributed by atoms with Gasteiger partial charge in [0.1, 0.15) is 6.04 Å². The molecule has 0 aromatic heterocycles. The van der Waals surface area contributed by atoms with E-state index in [-0.39, 0.29) is 29.2 Å². The first-order valence-electron chi connectivity index (χ1n) is 8.83. The monoisotopic (exact) mass is 401 g/mol. The number of benzene rings is 2. The van der Waals surface area contributed by atoms with Gasteiger partial charge >= 0.3 is 5.97 Å². The number of carboxylic acid groups (broad SMARTS) is 1. The highest BCUT2D eigenvalue weighted by molar-refractivity contribution is 6.43. The normalized spacial score (nSPS) is 11.3. The fourth-order valence-electron chi connectivity index (χ4n) is 2.78. The second-order valence-corrected chi connectivity index (χ2v) is 6.13. The van der Waals surface area contributed by atoms with E-state index in [0.29, 0.717) is 6.42 Å². The summed E-state index contributed by atoms with van der Waals surface area (Å²) in [5.41, 5.74) is 0.924. The molecule has 2 rings (SSSR count). The van der Waals surface area contributed by atoms with Crippen LogP contribution < -0.4 is 19.5 Å². The molecule has 154 valence electrons. The Morgan fingerprint density at radius 3 is 2.03 bits per heavy atom. The maximum atomic E-state index is 12.6. The van der Waals surface area contributed by atoms with Crippen molar-refractivity contribution in [1.29, 1.82) is 0 Å². The van der Waals surface area contributed by atoms with Crippen LogP contribution in [0.2, 0.25) is 0 Å². The van der Waals surface area contributed by atoms with Crippen LogP contribution in [0.25, 0.3) is 0 Å². The first kappa shape index (κ1) is 21.7. The molecule has 0 bridgehead atoms. The van der Waals surface area contributed by atoms with E-state index < -0.39 is 23.7 Å². The van der Waals surface area contributed by atoms with Crippen molar-refractivity contribution in [3.8, 4) is 17.2 Å². The van der Waals surface area contributed by atoms with Crippen molar-refractivity contribution in [3.05, 3.63) is 53.6 Å². The topological polar surface area (TPSA) is 111 Å². The Hall–Kier alpha value is -3.55. The van der Waals surface area contributed by atoms with Gasteiger partial charge < -0.3 is 24.6 Å². The Morgan fingerprint density at radius 1 is 0.966 bits per heavy atom. The van der Waals surface area contributed by atoms with E-state index in [2.05, 4.69) is 5.32 Å². The molecular formula is C21H23NO7. The first-order valence-corrected chi connectivity index (χ1v) is 8.83. The lowest BCUT2D eigenvalue weighted by atomic mass is 10.0. The van der Waals surface area contributed by atoms with Gasteiger partial charge in [0, 0.05) is 5.56 Å². The number of methoxy groups -OCH3 is 3. The smallest absolute Gasteiger partial charge is 0.326 e. The minimum Gasteiger partial charge on any atom is -0.493 e. The number of carbonyl (C=O) groups is 3. The summed E-state index contributed by atoms with van der Waals surface area (Å²) >= 11 is 0. The molecule has 0 unspecified atom stereocenters. The van der Waals surface area contributed by atoms with Crippen LogP contribution in [-0.2, 0) is 16.0 Å². The maximum Gasteiger partial charge on any atom is 0.326 e. The molecule has 0 saturated heterocycles. The van der Waals surface area contributed by atoms with Crippen LogP contribution in [0.4, 0.5) is 0 Å². The Bertz CT molecular complexity index is 855. The van der Waals surface area contributed by atoms with Crippen LogP contribution in [0.1, 0.15) is 22.3 Å². The third-order valence-electron chi connectivity index (χ3n) is 4.30. The Balaban J connectivity index is 2.15. The van der Waals surface area contributed by atoms with Gasteiger partial charge in [0.15, 0.2) is 11.5 Å². The number of nitrogens with one attached hydrogen (secondary N) is 1. The molecular weight excluding hydrogens is 378 g/mol. The number of aryl methyl sites for hydroxylation is 1. The second kappa shape index (κ2) is 10.1. The Morgan fingerprint density at radius 2 is 1.55 bits per heavy atom. The highest BCUT2D eigenvalue weighted by Gasteiger charge is 2.26. The number of amides is 1. The Kier molecular flexibility index (Phi) is 7.59. The molecule has 0 aliphatic rings. The van der Waals surface area contributed by atoms with E-state index in [1.165, 1.54) is 33.5 Å². The van der Waals surface area contributed by atoms with Crippen LogP contribution in [0.5, 0.6) is 17.2 Å². The standard InChI is InChI=1S/C21H23NO7/c1-27-16-11-14(12-17(28-2)19(16)29-3)18(23)20(24)22-15(21(25)26)10-9-13-7-5-4-6-8-13/h4-8,11-12,15H,9-10H2,1-3H3,(H,22,24)(H,25,26)/t15-/m0/s1. The van der Waals surface area contributed by atoms with Crippen LogP contribution >= 0.6 is 0 Å². The van der Waals surface area contributed by atoms with E-state index >= 15 is 0 Å². The SMILES string of the molecule is COc1cc(C(=O)C(=O)N[C@@H](CCc2ccccc2)C(=O)O)cc(OC)c1OC. The molecule has 0 saturated carbocycles. The molecule has 0 aliphatic heterocycles. The average Bonchev–Trinajstić information content (AvgIpc) is 2.75. The average molecular weight is 401 g/mol. The number of Topliss-reactive ketones (excluding diaryl/α,β-unsaturated/α-hetero) is 1. The number of ether oxygens (including phenoxy) is 3. The van der Waals surface area contributed by atoms with Crippen LogP contribution in [0.3, 0.4) is 0 Å². The summed E-state index contributed by atoms with van der Waals surface area (Å²) < 4.78 is 15.5. The summed E-state index contributed by atoms with van der Waals surface area (Å²) in [7, 11) is 4.18. The summed E-state index contributed by atoms with van der Waals surface area (Å²) in [4.78, 5) is 36.5. The minimum absolute atomic E-state index is 0.0100. The lowest BCUT2D eigenvalue weighted by Crippen LogP contribution is -2.44. The molecule has 0 heterocycles. The summed E-state index contributed by atoms with van der Waals surface area (Å²) in [6.45, 7) is 0. The van der Waals surface area contributed by atoms with Crippen LogP contribution in [0.15, 0.2) is 42.5 Å². The van der Waals surface area contributed by atoms with E-state index in [4.69, 9.17) is 14.2 Å². The molecule has 0 fully saturated rings. The number of aliphatic carboxylic acids is 1. The van der Waals surface area contributed by atoms with Gasteiger partial charge in [-0.15, -0.1) is 0 Å². The van der Waals surface area contributed by atoms with Gasteiger partial charge in [-0.3, -0.25) is 9.59 Å². The molecule has 1 atom stereocenters. The summed E-state index contributed by atoms with van der Waals surface area (Å²) in [5, 5.41) is 11.7. The van der Waals surface area contributed by atoms with Gasteiger partial charge in [-0.25, -0.2) is 4.79 Å². The molecule has 2 aromatic rings. The third-order valence-corrected chi connectivity index (χ3v) is 4.30. The van der Waals surface area contributed by atoms with Crippen molar-refractivity contribution >= 4 is 17.7 Å². The third kappa shape index (κ3) is 5.47. The van der Waals surface area contributed by atoms with E-state index in [9.17, 15) is 19.5 Å². The van der Waals surface area contributed by atoms with Crippen molar-refractivity contribution in [2.45, 2.75) is 18.9 Å². The molecule has 0 radical (unpaired) electrons. The molecule has 1 amide bonds. The lowest BCUT2D eigenvalue weighted by Gasteiger charge is -2.16. The number of hydrogen-bond acceptors (Lipinski definition) is 6. The molecule has 0 spiro atoms. The van der Waals surface area contributed by atoms with Crippen LogP contribution in [0, 0.1) is 0 Å². The van der Waals surface area contributed by atoms with Gasteiger partial charge in [0.2, 0.25) is 11.5 Å². The number of carboxylic acids is 1. The lowest BCUT2D eigenvalue weighted by molar-refractivity contribution is -0.141. The maximum absolute atomic E-state index is 12.6. The number of ketones is 1. The summed E-state index contributed by atoms with van der Waals surface area (Å²) in [6, 6.07) is 10.7. The number of rotatable bonds is 10. The van der Waals surface area contributed by atoms with Crippen molar-refractivity contribution in [3.63, 3.8) is 0 Å². The summed E-state index contributed by atoms with van der Waals surface area (Å²) in [6.07, 6.45) is 0.587. The summed E-state index contributed by atoms with van der Waals surface area (Å²) in [5.74, 6) is -2.45. The fraction of sp³-hybridized carbons (Fsp3) is 0.286. The van der Waals surface area contributed by atoms with Crippen molar-refractivity contribution in [2.24, 2.45) is 0 Å². The van der Waals surface area contributed by atoms with Crippen LogP contribution in [-0.4, -0.2) is 50.1 Å². The van der Waals surface area contributed by atoms with Gasteiger partial charge in [-0.2, -0.15) is 0 Å². The zero-order chi connectivity index (χ0) is 21.4. The largest absolute Gasteiger partial charge is 0.493 e. The highest BCUT2D eigenvalue weighted by Crippen LogP contribution is 2.38. The first-order chi connectivity index (χ1) is 13.9. The van der Waals surface area contributed by atoms with Gasteiger partial charge in [-0.05, 0) is 30.5 Å². The van der Waals surface area contributed by atoms with Gasteiger partial charge in [0.05, 0.1) is 21.3 Å².